The normalized spacial score (nSPS) is 12.5. The van der Waals surface area contributed by atoms with E-state index in [2.05, 4.69) is 5.10 Å². The van der Waals surface area contributed by atoms with E-state index in [-0.39, 0.29) is 11.9 Å². The summed E-state index contributed by atoms with van der Waals surface area (Å²) < 4.78 is 1.57. The lowest BCUT2D eigenvalue weighted by molar-refractivity contribution is 0.0781. The van der Waals surface area contributed by atoms with Crippen molar-refractivity contribution in [3.05, 3.63) is 18.0 Å². The molecule has 0 aliphatic heterocycles. The number of nitrogens with zero attached hydrogens (tertiary/aromatic N) is 3. The number of rotatable bonds is 4. The Morgan fingerprint density at radius 2 is 2.40 bits per heavy atom. The number of amides is 1. The highest BCUT2D eigenvalue weighted by molar-refractivity contribution is 5.92. The van der Waals surface area contributed by atoms with Gasteiger partial charge in [0, 0.05) is 32.9 Å². The van der Waals surface area contributed by atoms with Gasteiger partial charge in [0.25, 0.3) is 5.91 Å². The lowest BCUT2D eigenvalue weighted by atomic mass is 10.2. The summed E-state index contributed by atoms with van der Waals surface area (Å²) in [4.78, 5) is 13.5. The number of carbonyl (C=O) groups is 1. The zero-order valence-electron chi connectivity index (χ0n) is 9.47. The Balaban J connectivity index is 2.57. The van der Waals surface area contributed by atoms with Crippen LogP contribution in [-0.2, 0) is 7.05 Å². The third-order valence-electron chi connectivity index (χ3n) is 2.31. The third-order valence-corrected chi connectivity index (χ3v) is 2.31. The predicted octanol–water partition coefficient (Wildman–Crippen LogP) is 0.229. The van der Waals surface area contributed by atoms with E-state index in [4.69, 9.17) is 5.73 Å². The van der Waals surface area contributed by atoms with Gasteiger partial charge in [0.1, 0.15) is 5.69 Å². The molecule has 0 radical (unpaired) electrons. The van der Waals surface area contributed by atoms with Crippen molar-refractivity contribution < 1.29 is 4.79 Å². The Labute approximate surface area is 89.9 Å². The molecule has 0 saturated heterocycles. The van der Waals surface area contributed by atoms with Crippen LogP contribution in [0.3, 0.4) is 0 Å². The van der Waals surface area contributed by atoms with E-state index < -0.39 is 0 Å². The van der Waals surface area contributed by atoms with E-state index in [0.29, 0.717) is 12.2 Å². The standard InChI is InChI=1S/C10H18N4O/c1-8(11)5-7-13(2)10(15)9-4-6-12-14(9)3/h4,6,8H,5,7,11H2,1-3H3. The van der Waals surface area contributed by atoms with Gasteiger partial charge < -0.3 is 10.6 Å². The second-order valence-corrected chi connectivity index (χ2v) is 3.83. The zero-order valence-corrected chi connectivity index (χ0v) is 9.47. The number of carbonyl (C=O) groups excluding carboxylic acids is 1. The number of hydrogen-bond acceptors (Lipinski definition) is 3. The van der Waals surface area contributed by atoms with Crippen molar-refractivity contribution in [2.75, 3.05) is 13.6 Å². The number of hydrogen-bond donors (Lipinski definition) is 1. The molecular formula is C10H18N4O. The van der Waals surface area contributed by atoms with Gasteiger partial charge in [0.2, 0.25) is 0 Å². The summed E-state index contributed by atoms with van der Waals surface area (Å²) in [5, 5.41) is 3.96. The van der Waals surface area contributed by atoms with E-state index >= 15 is 0 Å². The van der Waals surface area contributed by atoms with E-state index in [1.165, 1.54) is 0 Å². The second kappa shape index (κ2) is 4.93. The van der Waals surface area contributed by atoms with Crippen LogP contribution in [-0.4, -0.2) is 40.2 Å². The fraction of sp³-hybridized carbons (Fsp3) is 0.600. The zero-order chi connectivity index (χ0) is 11.4. The maximum atomic E-state index is 11.9. The molecule has 15 heavy (non-hydrogen) atoms. The largest absolute Gasteiger partial charge is 0.340 e. The van der Waals surface area contributed by atoms with Crippen LogP contribution in [0.25, 0.3) is 0 Å². The summed E-state index contributed by atoms with van der Waals surface area (Å²) in [7, 11) is 3.53. The summed E-state index contributed by atoms with van der Waals surface area (Å²) >= 11 is 0. The minimum atomic E-state index is -0.0179. The molecule has 1 atom stereocenters. The predicted molar refractivity (Wildman–Crippen MR) is 58.4 cm³/mol. The van der Waals surface area contributed by atoms with E-state index in [9.17, 15) is 4.79 Å². The molecule has 1 amide bonds. The Morgan fingerprint density at radius 1 is 1.73 bits per heavy atom. The highest BCUT2D eigenvalue weighted by Crippen LogP contribution is 2.02. The average Bonchev–Trinajstić information content (AvgIpc) is 2.59. The molecule has 5 heteroatoms. The molecule has 1 rings (SSSR count). The minimum absolute atomic E-state index is 0.0179. The van der Waals surface area contributed by atoms with Crippen molar-refractivity contribution in [2.24, 2.45) is 12.8 Å². The molecule has 0 bridgehead atoms. The lowest BCUT2D eigenvalue weighted by Crippen LogP contribution is -2.32. The highest BCUT2D eigenvalue weighted by atomic mass is 16.2. The first-order valence-electron chi connectivity index (χ1n) is 5.01. The molecule has 0 fully saturated rings. The van der Waals surface area contributed by atoms with Crippen molar-refractivity contribution in [3.63, 3.8) is 0 Å². The topological polar surface area (TPSA) is 64.2 Å². The highest BCUT2D eigenvalue weighted by Gasteiger charge is 2.14. The first-order valence-corrected chi connectivity index (χ1v) is 5.01. The van der Waals surface area contributed by atoms with Crippen LogP contribution in [0.15, 0.2) is 12.3 Å². The molecule has 0 aromatic carbocycles. The molecule has 5 nitrogen and oxygen atoms in total. The molecule has 0 aliphatic carbocycles. The van der Waals surface area contributed by atoms with E-state index in [1.807, 2.05) is 6.92 Å². The van der Waals surface area contributed by atoms with Crippen LogP contribution in [0.1, 0.15) is 23.8 Å². The SMILES string of the molecule is CC(N)CCN(C)C(=O)c1ccnn1C. The van der Waals surface area contributed by atoms with Crippen molar-refractivity contribution in [3.8, 4) is 0 Å². The maximum Gasteiger partial charge on any atom is 0.271 e. The van der Waals surface area contributed by atoms with Crippen LogP contribution in [0.2, 0.25) is 0 Å². The third kappa shape index (κ3) is 3.06. The van der Waals surface area contributed by atoms with Gasteiger partial charge in [0.05, 0.1) is 0 Å². The summed E-state index contributed by atoms with van der Waals surface area (Å²) in [6.07, 6.45) is 2.42. The van der Waals surface area contributed by atoms with Gasteiger partial charge in [-0.2, -0.15) is 5.10 Å². The molecule has 84 valence electrons. The lowest BCUT2D eigenvalue weighted by Gasteiger charge is -2.18. The first kappa shape index (κ1) is 11.7. The molecule has 1 heterocycles. The second-order valence-electron chi connectivity index (χ2n) is 3.83. The van der Waals surface area contributed by atoms with Crippen LogP contribution in [0.4, 0.5) is 0 Å². The maximum absolute atomic E-state index is 11.9. The monoisotopic (exact) mass is 210 g/mol. The molecular weight excluding hydrogens is 192 g/mol. The van der Waals surface area contributed by atoms with Crippen LogP contribution >= 0.6 is 0 Å². The smallest absolute Gasteiger partial charge is 0.271 e. The van der Waals surface area contributed by atoms with Crippen molar-refractivity contribution in [1.82, 2.24) is 14.7 Å². The molecule has 1 unspecified atom stereocenters. The summed E-state index contributed by atoms with van der Waals surface area (Å²) in [6, 6.07) is 1.83. The van der Waals surface area contributed by atoms with Gasteiger partial charge >= 0.3 is 0 Å². The van der Waals surface area contributed by atoms with Gasteiger partial charge in [-0.15, -0.1) is 0 Å². The quantitative estimate of drug-likeness (QED) is 0.773. The Hall–Kier alpha value is -1.36. The van der Waals surface area contributed by atoms with Gasteiger partial charge in [-0.3, -0.25) is 9.48 Å². The number of aromatic nitrogens is 2. The summed E-state index contributed by atoms with van der Waals surface area (Å²) in [6.45, 7) is 2.60. The van der Waals surface area contributed by atoms with Crippen LogP contribution in [0.5, 0.6) is 0 Å². The number of nitrogens with two attached hydrogens (primary N) is 1. The Bertz CT molecular complexity index is 332. The molecule has 1 aromatic rings. The first-order chi connectivity index (χ1) is 7.02. The van der Waals surface area contributed by atoms with Gasteiger partial charge in [-0.05, 0) is 19.4 Å². The Kier molecular flexibility index (Phi) is 3.85. The Morgan fingerprint density at radius 3 is 2.87 bits per heavy atom. The van der Waals surface area contributed by atoms with Crippen molar-refractivity contribution in [1.29, 1.82) is 0 Å². The summed E-state index contributed by atoms with van der Waals surface area (Å²) in [5.74, 6) is -0.0179. The van der Waals surface area contributed by atoms with Gasteiger partial charge in [-0.25, -0.2) is 0 Å². The van der Waals surface area contributed by atoms with Gasteiger partial charge in [-0.1, -0.05) is 0 Å². The minimum Gasteiger partial charge on any atom is -0.340 e. The molecule has 0 spiro atoms. The summed E-state index contributed by atoms with van der Waals surface area (Å²) in [5.41, 5.74) is 6.23. The van der Waals surface area contributed by atoms with E-state index in [1.54, 1.807) is 35.9 Å². The van der Waals surface area contributed by atoms with Crippen LogP contribution in [0, 0.1) is 0 Å². The number of aryl methyl sites for hydroxylation is 1. The van der Waals surface area contributed by atoms with E-state index in [0.717, 1.165) is 6.42 Å². The molecule has 2 N–H and O–H groups in total. The van der Waals surface area contributed by atoms with Gasteiger partial charge in [0.15, 0.2) is 0 Å². The van der Waals surface area contributed by atoms with Crippen LogP contribution < -0.4 is 5.73 Å². The fourth-order valence-electron chi connectivity index (χ4n) is 1.28. The average molecular weight is 210 g/mol. The van der Waals surface area contributed by atoms with Crippen molar-refractivity contribution >= 4 is 5.91 Å². The molecule has 1 aromatic heterocycles. The van der Waals surface area contributed by atoms with Crippen molar-refractivity contribution in [2.45, 2.75) is 19.4 Å². The fourth-order valence-corrected chi connectivity index (χ4v) is 1.28. The molecule has 0 aliphatic rings. The molecule has 0 saturated carbocycles.